The Morgan fingerprint density at radius 1 is 0.262 bits per heavy atom. The van der Waals surface area contributed by atoms with Crippen LogP contribution in [0.3, 0.4) is 0 Å². The van der Waals surface area contributed by atoms with E-state index >= 15 is 0 Å². The number of benzene rings is 3. The van der Waals surface area contributed by atoms with Crippen molar-refractivity contribution in [2.75, 3.05) is 57.0 Å². The van der Waals surface area contributed by atoms with E-state index in [2.05, 4.69) is 275 Å². The van der Waals surface area contributed by atoms with Crippen LogP contribution in [0.2, 0.25) is 0 Å². The van der Waals surface area contributed by atoms with Crippen LogP contribution in [-0.4, -0.2) is 186 Å². The van der Waals surface area contributed by atoms with E-state index in [0.29, 0.717) is 17.8 Å². The lowest BCUT2D eigenvalue weighted by Crippen LogP contribution is -2.12. The number of imidazole rings is 3. The van der Waals surface area contributed by atoms with Crippen LogP contribution in [0.4, 0.5) is 17.1 Å². The van der Waals surface area contributed by atoms with Gasteiger partial charge in [-0.2, -0.15) is 115 Å². The first-order valence-electron chi connectivity index (χ1n) is 43.2. The van der Waals surface area contributed by atoms with Crippen LogP contribution >= 0.6 is 0 Å². The molecule has 23 rings (SSSR count). The van der Waals surface area contributed by atoms with Crippen molar-refractivity contribution in [2.45, 2.75) is 200 Å². The first kappa shape index (κ1) is 81.6. The molecule has 648 valence electrons. The van der Waals surface area contributed by atoms with Gasteiger partial charge in [0.15, 0.2) is 67.8 Å². The zero-order chi connectivity index (χ0) is 89.5. The van der Waals surface area contributed by atoms with E-state index in [1.54, 1.807) is 18.6 Å². The van der Waals surface area contributed by atoms with E-state index < -0.39 is 0 Å². The van der Waals surface area contributed by atoms with Crippen LogP contribution in [0.25, 0.3) is 118 Å². The number of nitrogens with zero attached hydrogens (tertiary/aromatic N) is 33. The SMILES string of the molecule is CC(C)(C)c1cc2n(n1)c1cc(C(C)(C)C)nn1c1cc(C(C)(C)C)nn21.CN(C)c1ccc2c(c1)nc1n2c2nc3cc(N(C)C)ccc3n2c2nc3cc(N(C)C)ccc3n12.Cc1nn2c(c1C(C)C)n1nc(C)c(C(C)C)c1n1nc(C)c(C(C)C)c21.Cc1nn2c(c1C)n1nc(C)c(C)c1n1nc(C)c(C)c21.c1cc2n(n1)c1ccnn1c1ccnn21. The van der Waals surface area contributed by atoms with Crippen LogP contribution in [0, 0.1) is 62.3 Å². The average Bonchev–Trinajstić information content (AvgIpc) is 1.54. The van der Waals surface area contributed by atoms with E-state index in [0.717, 1.165) is 203 Å². The third-order valence-corrected chi connectivity index (χ3v) is 24.7. The molecule has 0 spiro atoms. The van der Waals surface area contributed by atoms with Crippen molar-refractivity contribution in [1.82, 2.24) is 144 Å². The Morgan fingerprint density at radius 3 is 0.730 bits per heavy atom. The molecule has 0 atom stereocenters. The zero-order valence-corrected chi connectivity index (χ0v) is 77.9. The summed E-state index contributed by atoms with van der Waals surface area (Å²) in [7, 11) is 12.3. The molecule has 23 aromatic rings. The minimum absolute atomic E-state index is 0.0395. The van der Waals surface area contributed by atoms with Gasteiger partial charge in [0.25, 0.3) is 0 Å². The highest BCUT2D eigenvalue weighted by Gasteiger charge is 2.32. The summed E-state index contributed by atoms with van der Waals surface area (Å²) in [5.41, 5.74) is 37.6. The first-order valence-corrected chi connectivity index (χ1v) is 43.2. The van der Waals surface area contributed by atoms with Crippen molar-refractivity contribution in [1.29, 1.82) is 0 Å². The normalized spacial score (nSPS) is 12.7. The van der Waals surface area contributed by atoms with E-state index in [1.807, 2.05) is 122 Å². The Bertz CT molecular complexity index is 7320. The van der Waals surface area contributed by atoms with Gasteiger partial charge in [-0.1, -0.05) is 104 Å². The molecule has 3 aromatic carbocycles. The van der Waals surface area contributed by atoms with Crippen molar-refractivity contribution in [3.63, 3.8) is 0 Å². The number of anilines is 3. The molecule has 20 heterocycles. The molecule has 20 aromatic heterocycles. The van der Waals surface area contributed by atoms with Gasteiger partial charge >= 0.3 is 0 Å². The number of hydrogen-bond acceptors (Lipinski definition) is 18. The standard InChI is InChI=1S/C27H27N9.2C21H30N6.C15H18N6.C9H6N6/c1-31(2)16-7-10-22-19(13-16)28-25-34(22)26-29-21-15-18(33(5)6)9-12-24(21)36(26)27-30-20-14-17(32(3)4)8-11-23(20)35(25)27;1-19(2,3)13-10-16-25(22-13)17-11-14(20(4,5)6)24-27(17)18-12-15(21(7,8)9)23-26(16)18;1-10(2)16-13(7)22-25-19(16)26-21(17(11(3)4)14(8)23-26)27-20(25)18(12(5)6)15(9)24-27;1-7-10(4)16-19-13(7)20-15(8(2)11(5)17-20)21-14(19)9(3)12(6)18-21;1-4-10-13-7(1)14-9(2-5-11-14)15-8(13)3-6-12-15/h7-15H,1-6H3;2*10-12H,1-9H3;1-6H3;1-6H. The zero-order valence-electron chi connectivity index (χ0n) is 77.9. The van der Waals surface area contributed by atoms with Gasteiger partial charge < -0.3 is 14.7 Å². The Morgan fingerprint density at radius 2 is 0.500 bits per heavy atom. The molecule has 0 aliphatic heterocycles. The first-order chi connectivity index (χ1) is 59.6. The summed E-state index contributed by atoms with van der Waals surface area (Å²) in [4.78, 5) is 21.6. The van der Waals surface area contributed by atoms with E-state index in [1.165, 1.54) is 16.7 Å². The summed E-state index contributed by atoms with van der Waals surface area (Å²) in [6.45, 7) is 51.7. The summed E-state index contributed by atoms with van der Waals surface area (Å²) < 4.78 is 30.0. The molecule has 0 N–H and O–H groups in total. The smallest absolute Gasteiger partial charge is 0.225 e. The summed E-state index contributed by atoms with van der Waals surface area (Å²) in [6, 6.07) is 31.4. The van der Waals surface area contributed by atoms with E-state index in [9.17, 15) is 0 Å². The molecule has 0 saturated heterocycles. The van der Waals surface area contributed by atoms with Crippen LogP contribution in [0.1, 0.15) is 206 Å². The maximum absolute atomic E-state index is 5.12. The summed E-state index contributed by atoms with van der Waals surface area (Å²) in [5.74, 6) is 3.50. The second kappa shape index (κ2) is 28.5. The van der Waals surface area contributed by atoms with Gasteiger partial charge in [-0.25, -0.2) is 28.2 Å². The highest BCUT2D eigenvalue weighted by Crippen LogP contribution is 2.39. The fraction of sp³-hybridized carbons (Fsp3) is 0.387. The van der Waals surface area contributed by atoms with Crippen LogP contribution < -0.4 is 14.7 Å². The third-order valence-electron chi connectivity index (χ3n) is 24.7. The molecule has 0 fully saturated rings. The molecule has 0 amide bonds. The quantitative estimate of drug-likeness (QED) is 0.150. The number of fused-ring (bicyclic) bond motifs is 36. The molecular weight excluding hydrogens is 1580 g/mol. The predicted molar refractivity (Wildman–Crippen MR) is 500 cm³/mol. The number of rotatable bonds is 6. The second-order valence-corrected chi connectivity index (χ2v) is 38.4. The summed E-state index contributed by atoms with van der Waals surface area (Å²) in [6.07, 6.45) is 5.26. The number of aryl methyl sites for hydroxylation is 9. The summed E-state index contributed by atoms with van der Waals surface area (Å²) >= 11 is 0. The predicted octanol–water partition coefficient (Wildman–Crippen LogP) is 16.8. The lowest BCUT2D eigenvalue weighted by Gasteiger charge is -2.13. The van der Waals surface area contributed by atoms with Gasteiger partial charge in [0.1, 0.15) is 0 Å². The Kier molecular flexibility index (Phi) is 18.5. The molecule has 0 aliphatic carbocycles. The van der Waals surface area contributed by atoms with Gasteiger partial charge in [-0.15, -0.1) is 0 Å². The maximum Gasteiger partial charge on any atom is 0.225 e. The van der Waals surface area contributed by atoms with Crippen molar-refractivity contribution < 1.29 is 0 Å². The Labute approximate surface area is 726 Å². The molecule has 0 saturated carbocycles. The van der Waals surface area contributed by atoms with Crippen molar-refractivity contribution in [3.8, 4) is 0 Å². The lowest BCUT2D eigenvalue weighted by molar-refractivity contribution is 0.561. The fourth-order valence-electron chi connectivity index (χ4n) is 17.7. The number of aromatic nitrogens is 30. The van der Waals surface area contributed by atoms with Crippen LogP contribution in [0.5, 0.6) is 0 Å². The van der Waals surface area contributed by atoms with Gasteiger partial charge in [0, 0.05) is 145 Å². The molecule has 0 bridgehead atoms. The highest BCUT2D eigenvalue weighted by molar-refractivity contribution is 5.94. The maximum atomic E-state index is 5.12. The minimum atomic E-state index is -0.0395. The van der Waals surface area contributed by atoms with Crippen LogP contribution in [-0.2, 0) is 16.2 Å². The third kappa shape index (κ3) is 12.4. The Balaban J connectivity index is 0.000000105. The van der Waals surface area contributed by atoms with E-state index in [-0.39, 0.29) is 16.2 Å². The monoisotopic (exact) mass is 1690 g/mol. The molecule has 33 nitrogen and oxygen atoms in total. The molecule has 0 unspecified atom stereocenters. The fourth-order valence-corrected chi connectivity index (χ4v) is 17.7. The lowest BCUT2D eigenvalue weighted by atomic mass is 9.93. The van der Waals surface area contributed by atoms with Gasteiger partial charge in [-0.05, 0) is 135 Å². The van der Waals surface area contributed by atoms with Gasteiger partial charge in [0.05, 0.1) is 103 Å². The van der Waals surface area contributed by atoms with Crippen molar-refractivity contribution in [2.24, 2.45) is 0 Å². The minimum Gasteiger partial charge on any atom is -0.378 e. The average molecular weight is 1690 g/mol. The molecule has 0 aliphatic rings. The van der Waals surface area contributed by atoms with E-state index in [4.69, 9.17) is 60.8 Å². The highest BCUT2D eigenvalue weighted by atomic mass is 15.5. The number of hydrogen-bond donors (Lipinski definition) is 0. The van der Waals surface area contributed by atoms with Gasteiger partial charge in [0.2, 0.25) is 17.3 Å². The molecular formula is C93H111N33. The Hall–Kier alpha value is -14.0. The molecule has 0 radical (unpaired) electrons. The van der Waals surface area contributed by atoms with Crippen LogP contribution in [0.15, 0.2) is 110 Å². The van der Waals surface area contributed by atoms with Gasteiger partial charge in [-0.3, -0.25) is 0 Å². The van der Waals surface area contributed by atoms with Crippen molar-refractivity contribution >= 4 is 135 Å². The topological polar surface area (TPSA) is 269 Å². The van der Waals surface area contributed by atoms with Crippen molar-refractivity contribution in [3.05, 3.63) is 194 Å². The summed E-state index contributed by atoms with van der Waals surface area (Å²) in [5, 5.41) is 56.4. The molecule has 126 heavy (non-hydrogen) atoms. The molecule has 33 heteroatoms. The second-order valence-electron chi connectivity index (χ2n) is 38.4. The largest absolute Gasteiger partial charge is 0.378 e.